The molecule has 132 valence electrons. The van der Waals surface area contributed by atoms with Crippen molar-refractivity contribution in [3.05, 3.63) is 100 Å². The standard InChI is InChI=1S/C20H14ClFO3S/c21-16-11-10-15(13-26(24,25)19-9-5-4-8-18(19)22)17(12-16)20(23)14-6-2-1-3-7-14/h1-12H,13H2. The van der Waals surface area contributed by atoms with Gasteiger partial charge < -0.3 is 0 Å². The molecule has 3 aromatic carbocycles. The van der Waals surface area contributed by atoms with Gasteiger partial charge in [0.25, 0.3) is 0 Å². The first kappa shape index (κ1) is 18.3. The Morgan fingerprint density at radius 2 is 1.58 bits per heavy atom. The Morgan fingerprint density at radius 1 is 0.923 bits per heavy atom. The largest absolute Gasteiger partial charge is 0.289 e. The maximum atomic E-state index is 13.9. The van der Waals surface area contributed by atoms with Crippen LogP contribution in [0.1, 0.15) is 21.5 Å². The molecule has 0 atom stereocenters. The molecular weight excluding hydrogens is 375 g/mol. The van der Waals surface area contributed by atoms with Gasteiger partial charge in [-0.1, -0.05) is 60.1 Å². The van der Waals surface area contributed by atoms with Crippen molar-refractivity contribution in [2.75, 3.05) is 0 Å². The second-order valence-corrected chi connectivity index (χ2v) is 8.08. The van der Waals surface area contributed by atoms with Crippen LogP contribution in [-0.4, -0.2) is 14.2 Å². The maximum Gasteiger partial charge on any atom is 0.193 e. The third-order valence-electron chi connectivity index (χ3n) is 3.87. The topological polar surface area (TPSA) is 51.2 Å². The van der Waals surface area contributed by atoms with Crippen LogP contribution in [-0.2, 0) is 15.6 Å². The Hall–Kier alpha value is -2.50. The minimum Gasteiger partial charge on any atom is -0.289 e. The van der Waals surface area contributed by atoms with E-state index in [0.29, 0.717) is 10.6 Å². The summed E-state index contributed by atoms with van der Waals surface area (Å²) >= 11 is 6.00. The van der Waals surface area contributed by atoms with Crippen molar-refractivity contribution in [2.24, 2.45) is 0 Å². The first-order chi connectivity index (χ1) is 12.4. The number of halogens is 2. The summed E-state index contributed by atoms with van der Waals surface area (Å²) in [6.07, 6.45) is 0. The predicted molar refractivity (Wildman–Crippen MR) is 98.6 cm³/mol. The highest BCUT2D eigenvalue weighted by Gasteiger charge is 2.23. The lowest BCUT2D eigenvalue weighted by Gasteiger charge is -2.11. The summed E-state index contributed by atoms with van der Waals surface area (Å²) in [6.45, 7) is 0. The van der Waals surface area contributed by atoms with Gasteiger partial charge in [0, 0.05) is 16.1 Å². The number of carbonyl (C=O) groups excluding carboxylic acids is 1. The molecule has 0 bridgehead atoms. The molecule has 0 aliphatic heterocycles. The van der Waals surface area contributed by atoms with E-state index in [9.17, 15) is 17.6 Å². The third kappa shape index (κ3) is 3.84. The van der Waals surface area contributed by atoms with Crippen molar-refractivity contribution in [2.45, 2.75) is 10.6 Å². The van der Waals surface area contributed by atoms with Gasteiger partial charge in [-0.25, -0.2) is 12.8 Å². The highest BCUT2D eigenvalue weighted by atomic mass is 35.5. The van der Waals surface area contributed by atoms with Gasteiger partial charge in [-0.05, 0) is 29.8 Å². The van der Waals surface area contributed by atoms with Gasteiger partial charge in [0.05, 0.1) is 5.75 Å². The molecule has 26 heavy (non-hydrogen) atoms. The maximum absolute atomic E-state index is 13.9. The average molecular weight is 389 g/mol. The van der Waals surface area contributed by atoms with Crippen LogP contribution in [0.2, 0.25) is 5.02 Å². The first-order valence-electron chi connectivity index (χ1n) is 7.74. The van der Waals surface area contributed by atoms with Crippen LogP contribution in [0.15, 0.2) is 77.7 Å². The minimum atomic E-state index is -3.97. The molecule has 0 radical (unpaired) electrons. The zero-order valence-electron chi connectivity index (χ0n) is 13.5. The Kier molecular flexibility index (Phi) is 5.20. The summed E-state index contributed by atoms with van der Waals surface area (Å²) in [7, 11) is -3.97. The molecule has 3 aromatic rings. The van der Waals surface area contributed by atoms with E-state index in [1.165, 1.54) is 36.4 Å². The lowest BCUT2D eigenvalue weighted by molar-refractivity contribution is 0.103. The van der Waals surface area contributed by atoms with Crippen molar-refractivity contribution < 1.29 is 17.6 Å². The molecular formula is C20H14ClFO3S. The van der Waals surface area contributed by atoms with Crippen LogP contribution in [0.5, 0.6) is 0 Å². The van der Waals surface area contributed by atoms with E-state index in [1.807, 2.05) is 0 Å². The van der Waals surface area contributed by atoms with Crippen molar-refractivity contribution in [3.63, 3.8) is 0 Å². The number of sulfone groups is 1. The smallest absolute Gasteiger partial charge is 0.193 e. The van der Waals surface area contributed by atoms with Crippen LogP contribution in [0.25, 0.3) is 0 Å². The van der Waals surface area contributed by atoms with Crippen LogP contribution < -0.4 is 0 Å². The SMILES string of the molecule is O=C(c1ccccc1)c1cc(Cl)ccc1CS(=O)(=O)c1ccccc1F. The molecule has 0 amide bonds. The highest BCUT2D eigenvalue weighted by molar-refractivity contribution is 7.90. The molecule has 0 aliphatic carbocycles. The number of ketones is 1. The van der Waals surface area contributed by atoms with Gasteiger partial charge in [-0.15, -0.1) is 0 Å². The molecule has 0 spiro atoms. The van der Waals surface area contributed by atoms with E-state index in [1.54, 1.807) is 30.3 Å². The fraction of sp³-hybridized carbons (Fsp3) is 0.0500. The first-order valence-corrected chi connectivity index (χ1v) is 9.77. The normalized spacial score (nSPS) is 11.3. The summed E-state index contributed by atoms with van der Waals surface area (Å²) in [5.74, 6) is -1.66. The molecule has 0 fully saturated rings. The fourth-order valence-electron chi connectivity index (χ4n) is 2.61. The van der Waals surface area contributed by atoms with Gasteiger partial charge in [-0.3, -0.25) is 4.79 Å². The molecule has 0 aromatic heterocycles. The van der Waals surface area contributed by atoms with E-state index in [-0.39, 0.29) is 16.9 Å². The highest BCUT2D eigenvalue weighted by Crippen LogP contribution is 2.25. The fourth-order valence-corrected chi connectivity index (χ4v) is 4.25. The third-order valence-corrected chi connectivity index (χ3v) is 5.80. The van der Waals surface area contributed by atoms with Crippen LogP contribution in [0, 0.1) is 5.82 Å². The molecule has 0 saturated carbocycles. The van der Waals surface area contributed by atoms with Crippen LogP contribution in [0.4, 0.5) is 4.39 Å². The van der Waals surface area contributed by atoms with Crippen molar-refractivity contribution in [3.8, 4) is 0 Å². The summed E-state index contributed by atoms with van der Waals surface area (Å²) in [6, 6.07) is 18.1. The van der Waals surface area contributed by atoms with E-state index in [4.69, 9.17) is 11.6 Å². The molecule has 6 heteroatoms. The lowest BCUT2D eigenvalue weighted by Crippen LogP contribution is -2.12. The predicted octanol–water partition coefficient (Wildman–Crippen LogP) is 4.68. The van der Waals surface area contributed by atoms with Gasteiger partial charge in [-0.2, -0.15) is 0 Å². The average Bonchev–Trinajstić information content (AvgIpc) is 2.63. The molecule has 0 aliphatic rings. The minimum absolute atomic E-state index is 0.184. The number of hydrogen-bond acceptors (Lipinski definition) is 3. The molecule has 3 nitrogen and oxygen atoms in total. The summed E-state index contributed by atoms with van der Waals surface area (Å²) in [4.78, 5) is 12.4. The summed E-state index contributed by atoms with van der Waals surface area (Å²) in [5.41, 5.74) is 0.870. The Morgan fingerprint density at radius 3 is 2.27 bits per heavy atom. The molecule has 0 unspecified atom stereocenters. The lowest BCUT2D eigenvalue weighted by atomic mass is 9.99. The van der Waals surface area contributed by atoms with Gasteiger partial charge >= 0.3 is 0 Å². The Bertz CT molecular complexity index is 1060. The van der Waals surface area contributed by atoms with Crippen LogP contribution >= 0.6 is 11.6 Å². The second-order valence-electron chi connectivity index (χ2n) is 5.69. The van der Waals surface area contributed by atoms with E-state index in [2.05, 4.69) is 0 Å². The zero-order chi connectivity index (χ0) is 18.7. The zero-order valence-corrected chi connectivity index (χ0v) is 15.1. The van der Waals surface area contributed by atoms with Crippen molar-refractivity contribution >= 4 is 27.2 Å². The van der Waals surface area contributed by atoms with Crippen molar-refractivity contribution in [1.29, 1.82) is 0 Å². The van der Waals surface area contributed by atoms with Crippen LogP contribution in [0.3, 0.4) is 0 Å². The van der Waals surface area contributed by atoms with Gasteiger partial charge in [0.1, 0.15) is 10.7 Å². The number of carbonyl (C=O) groups is 1. The monoisotopic (exact) mass is 388 g/mol. The second kappa shape index (κ2) is 7.40. The quantitative estimate of drug-likeness (QED) is 0.596. The van der Waals surface area contributed by atoms with Gasteiger partial charge in [0.2, 0.25) is 0 Å². The number of benzene rings is 3. The van der Waals surface area contributed by atoms with Crippen molar-refractivity contribution in [1.82, 2.24) is 0 Å². The Labute approximate surface area is 156 Å². The Balaban J connectivity index is 2.04. The van der Waals surface area contributed by atoms with E-state index < -0.39 is 26.3 Å². The van der Waals surface area contributed by atoms with E-state index in [0.717, 1.165) is 6.07 Å². The summed E-state index contributed by atoms with van der Waals surface area (Å²) < 4.78 is 39.2. The summed E-state index contributed by atoms with van der Waals surface area (Å²) in [5, 5.41) is 0.316. The molecule has 0 heterocycles. The number of rotatable bonds is 5. The van der Waals surface area contributed by atoms with E-state index >= 15 is 0 Å². The molecule has 0 N–H and O–H groups in total. The molecule has 0 saturated heterocycles. The van der Waals surface area contributed by atoms with Gasteiger partial charge in [0.15, 0.2) is 15.6 Å². The molecule has 3 rings (SSSR count). The number of hydrogen-bond donors (Lipinski definition) is 0.